The molecule has 14 nitrogen and oxygen atoms in total. The minimum absolute atomic E-state index is 0.482. The van der Waals surface area contributed by atoms with Crippen molar-refractivity contribution in [2.75, 3.05) is 6.61 Å². The molecule has 14 heteroatoms. The summed E-state index contributed by atoms with van der Waals surface area (Å²) in [6.07, 6.45) is -22.0. The molecule has 0 spiro atoms. The summed E-state index contributed by atoms with van der Waals surface area (Å²) < 4.78 is 26.4. The highest BCUT2D eigenvalue weighted by molar-refractivity contribution is 4.93. The van der Waals surface area contributed by atoms with Gasteiger partial charge in [0.05, 0.1) is 18.8 Å². The second kappa shape index (κ2) is 10.4. The van der Waals surface area contributed by atoms with E-state index in [0.29, 0.717) is 0 Å². The Morgan fingerprint density at radius 1 is 0.562 bits per heavy atom. The summed E-state index contributed by atoms with van der Waals surface area (Å²) in [5.74, 6) is 0. The predicted octanol–water partition coefficient (Wildman–Crippen LogP) is -5.52. The molecule has 0 aromatic heterocycles. The van der Waals surface area contributed by atoms with Gasteiger partial charge in [-0.15, -0.1) is 0 Å². The molecule has 9 N–H and O–H groups in total. The molecule has 188 valence electrons. The summed E-state index contributed by atoms with van der Waals surface area (Å²) in [4.78, 5) is 0. The van der Waals surface area contributed by atoms with Crippen molar-refractivity contribution in [1.29, 1.82) is 0 Å². The van der Waals surface area contributed by atoms with Crippen LogP contribution in [0.15, 0.2) is 0 Å². The molecule has 0 bridgehead atoms. The Morgan fingerprint density at radius 2 is 1.06 bits per heavy atom. The van der Waals surface area contributed by atoms with E-state index in [9.17, 15) is 46.0 Å². The van der Waals surface area contributed by atoms with Gasteiger partial charge < -0.3 is 69.6 Å². The minimum atomic E-state index is -1.82. The van der Waals surface area contributed by atoms with E-state index in [1.807, 2.05) is 0 Å². The fraction of sp³-hybridized carbons (Fsp3) is 1.00. The van der Waals surface area contributed by atoms with Crippen molar-refractivity contribution >= 4 is 0 Å². The lowest BCUT2D eigenvalue weighted by Crippen LogP contribution is -2.64. The zero-order valence-electron chi connectivity index (χ0n) is 17.4. The highest BCUT2D eigenvalue weighted by Crippen LogP contribution is 2.29. The van der Waals surface area contributed by atoms with Crippen molar-refractivity contribution in [3.05, 3.63) is 0 Å². The molecule has 3 aliphatic heterocycles. The molecule has 32 heavy (non-hydrogen) atoms. The summed E-state index contributed by atoms with van der Waals surface area (Å²) >= 11 is 0. The highest BCUT2D eigenvalue weighted by atomic mass is 16.7. The Balaban J connectivity index is 1.58. The Labute approximate surface area is 183 Å². The maximum Gasteiger partial charge on any atom is 0.187 e. The van der Waals surface area contributed by atoms with Crippen molar-refractivity contribution in [2.45, 2.75) is 106 Å². The lowest BCUT2D eigenvalue weighted by Gasteiger charge is -2.45. The fourth-order valence-corrected chi connectivity index (χ4v) is 3.83. The number of ether oxygens (including phenoxy) is 5. The van der Waals surface area contributed by atoms with Gasteiger partial charge in [-0.1, -0.05) is 0 Å². The van der Waals surface area contributed by atoms with Gasteiger partial charge in [-0.25, -0.2) is 0 Å². The van der Waals surface area contributed by atoms with Gasteiger partial charge in [0.25, 0.3) is 0 Å². The first kappa shape index (κ1) is 26.1. The summed E-state index contributed by atoms with van der Waals surface area (Å²) in [6.45, 7) is 2.39. The first-order chi connectivity index (χ1) is 14.9. The van der Waals surface area contributed by atoms with E-state index >= 15 is 0 Å². The molecule has 3 fully saturated rings. The van der Waals surface area contributed by atoms with E-state index in [4.69, 9.17) is 23.7 Å². The number of hydrogen-bond acceptors (Lipinski definition) is 14. The van der Waals surface area contributed by atoms with Crippen LogP contribution in [0.25, 0.3) is 0 Å². The average Bonchev–Trinajstić information content (AvgIpc) is 2.76. The van der Waals surface area contributed by atoms with Gasteiger partial charge in [0.2, 0.25) is 0 Å². The molecule has 3 saturated heterocycles. The van der Waals surface area contributed by atoms with Gasteiger partial charge in [-0.05, 0) is 13.8 Å². The summed E-state index contributed by atoms with van der Waals surface area (Å²) in [5, 5.41) is 90.2. The standard InChI is InChI=1S/C18H32O14/c1-4-7(19)10(22)13(25)17(29-4)28-3-6-9(21)12(24)15(16(27)31-6)32-18-14(26)11(23)8(20)5(2)30-18/h4-27H,3H2,1-2H3/t4-,5+,6-,7-,8+,9-,10+,11-,12+,13+,14-,15-,16-,17+,18+/m1/s1. The van der Waals surface area contributed by atoms with Gasteiger partial charge in [-0.3, -0.25) is 0 Å². The quantitative estimate of drug-likeness (QED) is 0.182. The van der Waals surface area contributed by atoms with Gasteiger partial charge in [0, 0.05) is 0 Å². The normalized spacial score (nSPS) is 55.0. The number of rotatable bonds is 5. The number of aliphatic hydroxyl groups is 9. The van der Waals surface area contributed by atoms with Crippen LogP contribution in [0.3, 0.4) is 0 Å². The Hall–Kier alpha value is -0.560. The lowest BCUT2D eigenvalue weighted by atomic mass is 9.97. The summed E-state index contributed by atoms with van der Waals surface area (Å²) in [6, 6.07) is 0. The Bertz CT molecular complexity index is 608. The van der Waals surface area contributed by atoms with Crippen molar-refractivity contribution in [3.63, 3.8) is 0 Å². The third kappa shape index (κ3) is 5.08. The lowest BCUT2D eigenvalue weighted by molar-refractivity contribution is -0.364. The van der Waals surface area contributed by atoms with Crippen molar-refractivity contribution < 1.29 is 69.6 Å². The number of aliphatic hydroxyl groups excluding tert-OH is 9. The van der Waals surface area contributed by atoms with Gasteiger partial charge in [-0.2, -0.15) is 0 Å². The molecule has 0 aliphatic carbocycles. The Kier molecular flexibility index (Phi) is 8.44. The maximum absolute atomic E-state index is 10.4. The second-order valence-corrected chi connectivity index (χ2v) is 8.34. The molecular weight excluding hydrogens is 440 g/mol. The van der Waals surface area contributed by atoms with Crippen molar-refractivity contribution in [1.82, 2.24) is 0 Å². The maximum atomic E-state index is 10.4. The van der Waals surface area contributed by atoms with Crippen LogP contribution in [-0.2, 0) is 23.7 Å². The molecule has 0 aromatic carbocycles. The molecule has 0 amide bonds. The van der Waals surface area contributed by atoms with Gasteiger partial charge in [0.15, 0.2) is 18.9 Å². The molecule has 15 atom stereocenters. The van der Waals surface area contributed by atoms with E-state index < -0.39 is 98.7 Å². The van der Waals surface area contributed by atoms with E-state index in [0.717, 1.165) is 0 Å². The van der Waals surface area contributed by atoms with Crippen LogP contribution in [-0.4, -0.2) is 145 Å². The first-order valence-corrected chi connectivity index (χ1v) is 10.3. The molecule has 0 unspecified atom stereocenters. The minimum Gasteiger partial charge on any atom is -0.388 e. The zero-order chi connectivity index (χ0) is 23.9. The van der Waals surface area contributed by atoms with Crippen LogP contribution in [0.1, 0.15) is 13.8 Å². The smallest absolute Gasteiger partial charge is 0.187 e. The topological polar surface area (TPSA) is 228 Å². The van der Waals surface area contributed by atoms with E-state index in [-0.39, 0.29) is 0 Å². The molecule has 0 radical (unpaired) electrons. The van der Waals surface area contributed by atoms with E-state index in [2.05, 4.69) is 0 Å². The van der Waals surface area contributed by atoms with E-state index in [1.54, 1.807) is 0 Å². The molecule has 3 aliphatic rings. The summed E-state index contributed by atoms with van der Waals surface area (Å²) in [5.41, 5.74) is 0. The van der Waals surface area contributed by atoms with Crippen LogP contribution < -0.4 is 0 Å². The zero-order valence-corrected chi connectivity index (χ0v) is 17.4. The second-order valence-electron chi connectivity index (χ2n) is 8.34. The van der Waals surface area contributed by atoms with Crippen molar-refractivity contribution in [3.8, 4) is 0 Å². The monoisotopic (exact) mass is 472 g/mol. The van der Waals surface area contributed by atoms with Crippen molar-refractivity contribution in [2.24, 2.45) is 0 Å². The van der Waals surface area contributed by atoms with Crippen LogP contribution in [0.2, 0.25) is 0 Å². The molecule has 3 rings (SSSR count). The average molecular weight is 472 g/mol. The Morgan fingerprint density at radius 3 is 1.62 bits per heavy atom. The fourth-order valence-electron chi connectivity index (χ4n) is 3.83. The van der Waals surface area contributed by atoms with Gasteiger partial charge in [0.1, 0.15) is 61.0 Å². The van der Waals surface area contributed by atoms with E-state index in [1.165, 1.54) is 13.8 Å². The molecule has 3 heterocycles. The first-order valence-electron chi connectivity index (χ1n) is 10.3. The van der Waals surface area contributed by atoms with Crippen LogP contribution in [0.5, 0.6) is 0 Å². The van der Waals surface area contributed by atoms with Gasteiger partial charge >= 0.3 is 0 Å². The molecule has 0 saturated carbocycles. The molecular formula is C18H32O14. The summed E-state index contributed by atoms with van der Waals surface area (Å²) in [7, 11) is 0. The predicted molar refractivity (Wildman–Crippen MR) is 98.4 cm³/mol. The SMILES string of the molecule is C[C@@H]1O[C@@H](O[C@@H]2[C@@H](O)[C@H](O)[C@@H](CO[C@H]3O[C@H](C)[C@@H](O)[C@H](O)[C@@H]3O)O[C@H]2O)[C@H](O)[C@H](O)[C@H]1O. The third-order valence-corrected chi connectivity index (χ3v) is 6.00. The highest BCUT2D eigenvalue weighted by Gasteiger charge is 2.50. The third-order valence-electron chi connectivity index (χ3n) is 6.00. The number of hydrogen-bond donors (Lipinski definition) is 9. The van der Waals surface area contributed by atoms with Crippen LogP contribution >= 0.6 is 0 Å². The van der Waals surface area contributed by atoms with Crippen LogP contribution in [0, 0.1) is 0 Å². The largest absolute Gasteiger partial charge is 0.388 e. The molecule has 0 aromatic rings. The van der Waals surface area contributed by atoms with Crippen LogP contribution in [0.4, 0.5) is 0 Å².